The standard InChI is InChI=1S/C39H72N2O13/c1-16-27-39(10,46)32(43)22(4)29(40-49-15)20(2)18-38(9,48-14)34(54-36-30(42)26(41(11)12)17-21(3)50-36)23(5)31(24(6)35(45)52-27)53-28-19-37(8,47-13)33(44)25(7)51-28/h20-28,30-34,36,42-44,46H,16-19H2,1-15H3/b40-29-/t20-,21?,22+,23+,24-,25?,26?,27-,28?,30?,31?,32-,33?,34-,36?,37?,38+,39-/m1/s1. The van der Waals surface area contributed by atoms with Gasteiger partial charge in [-0.05, 0) is 74.9 Å². The van der Waals surface area contributed by atoms with E-state index in [0.717, 1.165) is 0 Å². The van der Waals surface area contributed by atoms with E-state index in [1.54, 1.807) is 41.7 Å². The number of cyclic esters (lactones) is 1. The van der Waals surface area contributed by atoms with Gasteiger partial charge in [-0.15, -0.1) is 0 Å². The van der Waals surface area contributed by atoms with Gasteiger partial charge in [0.2, 0.25) is 0 Å². The van der Waals surface area contributed by atoms with Crippen LogP contribution in [0.4, 0.5) is 0 Å². The lowest BCUT2D eigenvalue weighted by atomic mass is 9.73. The van der Waals surface area contributed by atoms with E-state index in [1.807, 2.05) is 46.7 Å². The second kappa shape index (κ2) is 18.8. The van der Waals surface area contributed by atoms with Crippen LogP contribution >= 0.6 is 0 Å². The first-order chi connectivity index (χ1) is 25.0. The Bertz CT molecular complexity index is 1240. The Kier molecular flexibility index (Phi) is 16.4. The number of ether oxygens (including phenoxy) is 7. The minimum Gasteiger partial charge on any atom is -0.459 e. The molecule has 0 aromatic carbocycles. The van der Waals surface area contributed by atoms with E-state index in [2.05, 4.69) is 5.16 Å². The fourth-order valence-corrected chi connectivity index (χ4v) is 8.87. The van der Waals surface area contributed by atoms with Crippen LogP contribution in [0.2, 0.25) is 0 Å². The lowest BCUT2D eigenvalue weighted by molar-refractivity contribution is -0.319. The zero-order chi connectivity index (χ0) is 41.1. The minimum atomic E-state index is -1.88. The summed E-state index contributed by atoms with van der Waals surface area (Å²) in [6.07, 6.45) is -8.10. The summed E-state index contributed by atoms with van der Waals surface area (Å²) >= 11 is 0. The number of carbonyl (C=O) groups is 1. The van der Waals surface area contributed by atoms with Gasteiger partial charge in [-0.2, -0.15) is 0 Å². The molecule has 9 unspecified atom stereocenters. The number of methoxy groups -OCH3 is 2. The normalized spacial score (nSPS) is 48.3. The average Bonchev–Trinajstić information content (AvgIpc) is 3.11. The molecule has 0 saturated carbocycles. The largest absolute Gasteiger partial charge is 0.459 e. The number of carbonyl (C=O) groups excluding carboxylic acids is 1. The van der Waals surface area contributed by atoms with Gasteiger partial charge in [0, 0.05) is 44.4 Å². The van der Waals surface area contributed by atoms with Crippen LogP contribution < -0.4 is 0 Å². The molecule has 0 aromatic heterocycles. The van der Waals surface area contributed by atoms with Crippen LogP contribution in [0, 0.1) is 23.7 Å². The Hall–Kier alpha value is -1.50. The van der Waals surface area contributed by atoms with Crippen molar-refractivity contribution in [2.75, 3.05) is 35.4 Å². The van der Waals surface area contributed by atoms with Crippen LogP contribution in [0.15, 0.2) is 5.16 Å². The van der Waals surface area contributed by atoms with Gasteiger partial charge in [0.05, 0.1) is 53.4 Å². The number of nitrogens with zero attached hydrogens (tertiary/aromatic N) is 2. The molecular formula is C39H72N2O13. The number of hydrogen-bond donors (Lipinski definition) is 4. The summed E-state index contributed by atoms with van der Waals surface area (Å²) in [4.78, 5) is 21.5. The number of likely N-dealkylation sites (N-methyl/N-ethyl adjacent to an activating group) is 1. The summed E-state index contributed by atoms with van der Waals surface area (Å²) in [6, 6.07) is -0.266. The van der Waals surface area contributed by atoms with Gasteiger partial charge in [0.25, 0.3) is 0 Å². The van der Waals surface area contributed by atoms with Crippen molar-refractivity contribution in [2.24, 2.45) is 28.8 Å². The second-order valence-corrected chi connectivity index (χ2v) is 16.9. The Morgan fingerprint density at radius 2 is 1.48 bits per heavy atom. The van der Waals surface area contributed by atoms with E-state index in [4.69, 9.17) is 38.0 Å². The summed E-state index contributed by atoms with van der Waals surface area (Å²) in [6.45, 7) is 17.8. The van der Waals surface area contributed by atoms with E-state index >= 15 is 0 Å². The molecule has 54 heavy (non-hydrogen) atoms. The smallest absolute Gasteiger partial charge is 0.311 e. The molecule has 0 amide bonds. The quantitative estimate of drug-likeness (QED) is 0.198. The molecule has 15 heteroatoms. The van der Waals surface area contributed by atoms with E-state index < -0.39 is 102 Å². The van der Waals surface area contributed by atoms with Crippen molar-refractivity contribution in [1.29, 1.82) is 0 Å². The maximum atomic E-state index is 14.3. The van der Waals surface area contributed by atoms with Crippen molar-refractivity contribution >= 4 is 11.7 Å². The number of hydrogen-bond acceptors (Lipinski definition) is 15. The summed E-state index contributed by atoms with van der Waals surface area (Å²) < 4.78 is 44.4. The number of aliphatic hydroxyl groups excluding tert-OH is 3. The lowest BCUT2D eigenvalue weighted by Gasteiger charge is -2.50. The molecule has 0 bridgehead atoms. The fourth-order valence-electron chi connectivity index (χ4n) is 8.87. The molecule has 15 nitrogen and oxygen atoms in total. The second-order valence-electron chi connectivity index (χ2n) is 16.9. The molecule has 3 aliphatic heterocycles. The zero-order valence-electron chi connectivity index (χ0n) is 35.3. The maximum Gasteiger partial charge on any atom is 0.311 e. The van der Waals surface area contributed by atoms with Crippen LogP contribution in [-0.2, 0) is 42.8 Å². The van der Waals surface area contributed by atoms with Crippen molar-refractivity contribution in [3.05, 3.63) is 0 Å². The molecule has 0 aliphatic carbocycles. The molecule has 0 aromatic rings. The third kappa shape index (κ3) is 9.95. The van der Waals surface area contributed by atoms with Gasteiger partial charge >= 0.3 is 5.97 Å². The molecule has 3 aliphatic rings. The Morgan fingerprint density at radius 3 is 2.02 bits per heavy atom. The molecule has 3 rings (SSSR count). The van der Waals surface area contributed by atoms with Gasteiger partial charge in [-0.3, -0.25) is 4.79 Å². The Labute approximate surface area is 322 Å². The van der Waals surface area contributed by atoms with Crippen LogP contribution in [0.3, 0.4) is 0 Å². The minimum absolute atomic E-state index is 0.143. The molecule has 3 saturated heterocycles. The molecule has 4 N–H and O–H groups in total. The average molecular weight is 777 g/mol. The lowest BCUT2D eigenvalue weighted by Crippen LogP contribution is -2.61. The Morgan fingerprint density at radius 1 is 0.870 bits per heavy atom. The summed E-state index contributed by atoms with van der Waals surface area (Å²) in [7, 11) is 8.29. The van der Waals surface area contributed by atoms with Crippen molar-refractivity contribution in [2.45, 2.75) is 179 Å². The third-order valence-corrected chi connectivity index (χ3v) is 12.5. The van der Waals surface area contributed by atoms with Gasteiger partial charge in [0.15, 0.2) is 12.6 Å². The highest BCUT2D eigenvalue weighted by Crippen LogP contribution is 2.42. The van der Waals surface area contributed by atoms with Gasteiger partial charge in [-0.1, -0.05) is 32.9 Å². The van der Waals surface area contributed by atoms with E-state index in [0.29, 0.717) is 12.1 Å². The summed E-state index contributed by atoms with van der Waals surface area (Å²) in [5.41, 5.74) is -3.61. The molecule has 3 fully saturated rings. The van der Waals surface area contributed by atoms with Crippen molar-refractivity contribution in [3.63, 3.8) is 0 Å². The number of oxime groups is 1. The first-order valence-electron chi connectivity index (χ1n) is 19.5. The zero-order valence-corrected chi connectivity index (χ0v) is 35.3. The number of rotatable bonds is 9. The third-order valence-electron chi connectivity index (χ3n) is 12.5. The fraction of sp³-hybridized carbons (Fsp3) is 0.949. The topological polar surface area (TPSA) is 187 Å². The predicted octanol–water partition coefficient (Wildman–Crippen LogP) is 2.87. The Balaban J connectivity index is 2.27. The SMILES string of the molecule is CC[C@H]1OC(=O)[C@H](C)C(OC2CC(C)(OC)C(O)C(C)O2)[C@H](C)[C@@H](OC2OC(C)CC(N(C)C)C2O)[C@@](C)(OC)C[C@@H](C)/C(=N/OC)[C@H](C)[C@@H](O)[C@]1(C)O. The van der Waals surface area contributed by atoms with E-state index in [9.17, 15) is 25.2 Å². The highest BCUT2D eigenvalue weighted by molar-refractivity contribution is 5.88. The monoisotopic (exact) mass is 777 g/mol. The van der Waals surface area contributed by atoms with Gasteiger partial charge < -0.3 is 63.3 Å². The molecule has 0 spiro atoms. The van der Waals surface area contributed by atoms with Crippen LogP contribution in [0.25, 0.3) is 0 Å². The van der Waals surface area contributed by atoms with Crippen LogP contribution in [0.1, 0.15) is 94.9 Å². The summed E-state index contributed by atoms with van der Waals surface area (Å²) in [5, 5.41) is 50.6. The van der Waals surface area contributed by atoms with E-state index in [-0.39, 0.29) is 31.4 Å². The number of esters is 1. The van der Waals surface area contributed by atoms with Crippen molar-refractivity contribution in [3.8, 4) is 0 Å². The predicted molar refractivity (Wildman–Crippen MR) is 200 cm³/mol. The molecular weight excluding hydrogens is 704 g/mol. The first-order valence-corrected chi connectivity index (χ1v) is 19.5. The molecule has 316 valence electrons. The molecule has 3 heterocycles. The van der Waals surface area contributed by atoms with Crippen LogP contribution in [-0.4, -0.2) is 157 Å². The van der Waals surface area contributed by atoms with Crippen LogP contribution in [0.5, 0.6) is 0 Å². The molecule has 0 radical (unpaired) electrons. The van der Waals surface area contributed by atoms with Crippen molar-refractivity contribution < 1.29 is 63.2 Å². The highest BCUT2D eigenvalue weighted by atomic mass is 16.7. The van der Waals surface area contributed by atoms with E-state index in [1.165, 1.54) is 21.1 Å². The van der Waals surface area contributed by atoms with Crippen molar-refractivity contribution in [1.82, 2.24) is 4.90 Å². The molecule has 18 atom stereocenters. The maximum absolute atomic E-state index is 14.3. The van der Waals surface area contributed by atoms with Gasteiger partial charge in [-0.25, -0.2) is 0 Å². The first kappa shape index (κ1) is 46.9. The highest BCUT2D eigenvalue weighted by Gasteiger charge is 2.54. The number of aliphatic hydroxyl groups is 4. The summed E-state index contributed by atoms with van der Waals surface area (Å²) in [5.74, 6) is -3.49. The van der Waals surface area contributed by atoms with Gasteiger partial charge in [0.1, 0.15) is 31.0 Å².